The Morgan fingerprint density at radius 3 is 2.23 bits per heavy atom. The van der Waals surface area contributed by atoms with Crippen molar-refractivity contribution in [1.29, 1.82) is 0 Å². The lowest BCUT2D eigenvalue weighted by Crippen LogP contribution is -2.65. The lowest BCUT2D eigenvalue weighted by Gasteiger charge is -2.58. The van der Waals surface area contributed by atoms with E-state index in [4.69, 9.17) is 0 Å². The smallest absolute Gasteiger partial charge is 0.244 e. The number of carbonyl (C=O) groups excluding carboxylic acids is 1. The third-order valence-electron chi connectivity index (χ3n) is 9.15. The molecule has 7 rings (SSSR count). The van der Waals surface area contributed by atoms with Gasteiger partial charge in [0.1, 0.15) is 5.54 Å². The molecular weight excluding hydrogens is 460 g/mol. The van der Waals surface area contributed by atoms with Gasteiger partial charge in [-0.1, -0.05) is 42.5 Å². The molecule has 2 N–H and O–H groups in total. The zero-order valence-corrected chi connectivity index (χ0v) is 21.0. The second-order valence-corrected chi connectivity index (χ2v) is 13.4. The highest BCUT2D eigenvalue weighted by atomic mass is 32.2. The number of amides is 1. The van der Waals surface area contributed by atoms with Gasteiger partial charge in [-0.3, -0.25) is 4.79 Å². The van der Waals surface area contributed by atoms with Crippen LogP contribution in [0.2, 0.25) is 0 Å². The second-order valence-electron chi connectivity index (χ2n) is 11.5. The molecule has 5 fully saturated rings. The number of hydrogen-bond donors (Lipinski definition) is 2. The number of carbonyl (C=O) groups is 1. The van der Waals surface area contributed by atoms with Crippen LogP contribution < -0.4 is 5.32 Å². The number of rotatable bonds is 5. The Hall–Kier alpha value is -2.22. The first kappa shape index (κ1) is 23.2. The van der Waals surface area contributed by atoms with Crippen LogP contribution in [0.1, 0.15) is 51.9 Å². The number of benzene rings is 2. The van der Waals surface area contributed by atoms with Gasteiger partial charge in [0.2, 0.25) is 15.9 Å². The fraction of sp³-hybridized carbons (Fsp3) is 0.536. The van der Waals surface area contributed by atoms with Crippen molar-refractivity contribution < 1.29 is 18.3 Å². The summed E-state index contributed by atoms with van der Waals surface area (Å²) >= 11 is 0. The summed E-state index contributed by atoms with van der Waals surface area (Å²) in [6.45, 7) is 2.11. The molecule has 5 aliphatic rings. The van der Waals surface area contributed by atoms with E-state index in [0.717, 1.165) is 43.2 Å². The molecule has 2 aromatic rings. The van der Waals surface area contributed by atoms with E-state index in [0.29, 0.717) is 25.3 Å². The van der Waals surface area contributed by atoms with Crippen LogP contribution in [0.25, 0.3) is 11.1 Å². The summed E-state index contributed by atoms with van der Waals surface area (Å²) in [5.74, 6) is 0.943. The largest absolute Gasteiger partial charge is 0.390 e. The molecule has 1 heterocycles. The lowest BCUT2D eigenvalue weighted by molar-refractivity contribution is -0.150. The molecule has 4 aliphatic carbocycles. The van der Waals surface area contributed by atoms with Gasteiger partial charge < -0.3 is 10.4 Å². The molecule has 2 unspecified atom stereocenters. The van der Waals surface area contributed by atoms with Crippen LogP contribution in [0.4, 0.5) is 0 Å². The summed E-state index contributed by atoms with van der Waals surface area (Å²) in [5, 5.41) is 14.2. The minimum Gasteiger partial charge on any atom is -0.390 e. The molecule has 4 saturated carbocycles. The first-order chi connectivity index (χ1) is 16.7. The van der Waals surface area contributed by atoms with Crippen molar-refractivity contribution in [3.63, 3.8) is 0 Å². The third kappa shape index (κ3) is 3.83. The summed E-state index contributed by atoms with van der Waals surface area (Å²) < 4.78 is 28.8. The van der Waals surface area contributed by atoms with Crippen LogP contribution in [0.5, 0.6) is 0 Å². The molecule has 0 radical (unpaired) electrons. The summed E-state index contributed by atoms with van der Waals surface area (Å²) in [5.41, 5.74) is 0.316. The first-order valence-electron chi connectivity index (χ1n) is 12.9. The molecule has 1 saturated heterocycles. The maximum absolute atomic E-state index is 13.7. The first-order valence-corrected chi connectivity index (χ1v) is 14.3. The summed E-state index contributed by atoms with van der Waals surface area (Å²) in [4.78, 5) is 13.9. The summed E-state index contributed by atoms with van der Waals surface area (Å²) in [6, 6.07) is 16.8. The molecule has 1 aliphatic heterocycles. The Balaban J connectivity index is 1.22. The number of hydrogen-bond acceptors (Lipinski definition) is 4. The molecule has 3 atom stereocenters. The Kier molecular flexibility index (Phi) is 5.40. The predicted octanol–water partition coefficient (Wildman–Crippen LogP) is 3.95. The van der Waals surface area contributed by atoms with Crippen molar-refractivity contribution in [2.45, 2.75) is 73.9 Å². The van der Waals surface area contributed by atoms with Crippen molar-refractivity contribution in [1.82, 2.24) is 9.62 Å². The number of sulfonamides is 1. The van der Waals surface area contributed by atoms with Crippen LogP contribution in [0.3, 0.4) is 0 Å². The van der Waals surface area contributed by atoms with Gasteiger partial charge >= 0.3 is 0 Å². The zero-order valence-electron chi connectivity index (χ0n) is 20.2. The number of aliphatic hydroxyl groups is 1. The Morgan fingerprint density at radius 1 is 0.971 bits per heavy atom. The van der Waals surface area contributed by atoms with E-state index in [1.807, 2.05) is 42.5 Å². The van der Waals surface area contributed by atoms with Gasteiger partial charge in [-0.25, -0.2) is 8.42 Å². The summed E-state index contributed by atoms with van der Waals surface area (Å²) in [6.07, 6.45) is 5.66. The van der Waals surface area contributed by atoms with Crippen molar-refractivity contribution in [2.75, 3.05) is 6.54 Å². The molecule has 0 aromatic heterocycles. The lowest BCUT2D eigenvalue weighted by atomic mass is 9.52. The molecule has 186 valence electrons. The summed E-state index contributed by atoms with van der Waals surface area (Å²) in [7, 11) is -3.83. The van der Waals surface area contributed by atoms with E-state index in [9.17, 15) is 18.3 Å². The van der Waals surface area contributed by atoms with Crippen LogP contribution >= 0.6 is 0 Å². The number of nitrogens with zero attached hydrogens (tertiary/aromatic N) is 1. The van der Waals surface area contributed by atoms with Gasteiger partial charge in [0.25, 0.3) is 0 Å². The highest BCUT2D eigenvalue weighted by Gasteiger charge is 2.57. The van der Waals surface area contributed by atoms with Crippen molar-refractivity contribution in [2.24, 2.45) is 17.8 Å². The molecule has 4 bridgehead atoms. The van der Waals surface area contributed by atoms with Crippen molar-refractivity contribution in [3.8, 4) is 11.1 Å². The van der Waals surface area contributed by atoms with Crippen LogP contribution in [0, 0.1) is 17.8 Å². The van der Waals surface area contributed by atoms with E-state index in [1.54, 1.807) is 19.1 Å². The van der Waals surface area contributed by atoms with Crippen LogP contribution in [-0.4, -0.2) is 47.5 Å². The maximum Gasteiger partial charge on any atom is 0.244 e. The van der Waals surface area contributed by atoms with Crippen LogP contribution in [-0.2, 0) is 14.8 Å². The van der Waals surface area contributed by atoms with E-state index >= 15 is 0 Å². The second kappa shape index (κ2) is 8.15. The Morgan fingerprint density at radius 2 is 1.60 bits per heavy atom. The molecule has 6 nitrogen and oxygen atoms in total. The number of nitrogens with one attached hydrogen (secondary N) is 1. The normalized spacial score (nSPS) is 36.4. The van der Waals surface area contributed by atoms with Gasteiger partial charge in [-0.2, -0.15) is 4.31 Å². The molecule has 2 aromatic carbocycles. The zero-order chi connectivity index (χ0) is 24.4. The molecule has 0 spiro atoms. The average Bonchev–Trinajstić information content (AvgIpc) is 3.25. The van der Waals surface area contributed by atoms with Crippen molar-refractivity contribution >= 4 is 15.9 Å². The van der Waals surface area contributed by atoms with Gasteiger partial charge in [0.15, 0.2) is 0 Å². The minimum atomic E-state index is -3.83. The van der Waals surface area contributed by atoms with Gasteiger partial charge in [0.05, 0.1) is 10.5 Å². The van der Waals surface area contributed by atoms with Crippen LogP contribution in [0.15, 0.2) is 59.5 Å². The van der Waals surface area contributed by atoms with Gasteiger partial charge in [0, 0.05) is 12.6 Å². The highest BCUT2D eigenvalue weighted by molar-refractivity contribution is 7.89. The predicted molar refractivity (Wildman–Crippen MR) is 134 cm³/mol. The maximum atomic E-state index is 13.7. The Bertz CT molecular complexity index is 1210. The van der Waals surface area contributed by atoms with Gasteiger partial charge in [-0.15, -0.1) is 0 Å². The Labute approximate surface area is 207 Å². The fourth-order valence-corrected chi connectivity index (χ4v) is 9.46. The SMILES string of the molecule is C[C@]1(C(=O)NC2C3CC4CC2CC(O)(C4)C3)CCCN1S(=O)(=O)c1ccc(-c2ccccc2)cc1. The molecule has 1 amide bonds. The highest BCUT2D eigenvalue weighted by Crippen LogP contribution is 2.55. The monoisotopic (exact) mass is 494 g/mol. The molecular formula is C28H34N2O4S. The quantitative estimate of drug-likeness (QED) is 0.659. The standard InChI is InChI=1S/C28H34N2O4S/c1-27(26(31)29-25-22-14-19-15-23(25)18-28(32,16-19)17-22)12-5-13-30(27)35(33,34)24-10-8-21(9-11-24)20-6-3-2-4-7-20/h2-4,6-11,19,22-23,25,32H,5,12-18H2,1H3,(H,29,31)/t19?,22?,23?,25?,27-,28?/m1/s1. The molecule has 7 heteroatoms. The topological polar surface area (TPSA) is 86.7 Å². The fourth-order valence-electron chi connectivity index (χ4n) is 7.65. The van der Waals surface area contributed by atoms with Gasteiger partial charge in [-0.05, 0) is 92.9 Å². The molecule has 35 heavy (non-hydrogen) atoms. The van der Waals surface area contributed by atoms with E-state index in [-0.39, 0.29) is 28.7 Å². The third-order valence-corrected chi connectivity index (χ3v) is 11.2. The van der Waals surface area contributed by atoms with E-state index < -0.39 is 21.2 Å². The van der Waals surface area contributed by atoms with Crippen molar-refractivity contribution in [3.05, 3.63) is 54.6 Å². The minimum absolute atomic E-state index is 0.0338. The average molecular weight is 495 g/mol. The van der Waals surface area contributed by atoms with E-state index in [2.05, 4.69) is 5.32 Å². The van der Waals surface area contributed by atoms with E-state index in [1.165, 1.54) is 4.31 Å².